The summed E-state index contributed by atoms with van der Waals surface area (Å²) in [5, 5.41) is 10.8. The Balaban J connectivity index is 3.06. The largest absolute Gasteiger partial charge is 0.393 e. The van der Waals surface area contributed by atoms with E-state index in [-0.39, 0.29) is 11.4 Å². The van der Waals surface area contributed by atoms with Gasteiger partial charge >= 0.3 is 0 Å². The van der Waals surface area contributed by atoms with Gasteiger partial charge in [0.1, 0.15) is 5.69 Å². The van der Waals surface area contributed by atoms with Gasteiger partial charge in [-0.3, -0.25) is 10.1 Å². The van der Waals surface area contributed by atoms with Crippen LogP contribution in [0.25, 0.3) is 0 Å². The number of nitrogens with two attached hydrogens (primary N) is 1. The summed E-state index contributed by atoms with van der Waals surface area (Å²) >= 11 is 0. The second-order valence-corrected chi connectivity index (χ2v) is 4.66. The van der Waals surface area contributed by atoms with Crippen LogP contribution in [0.4, 0.5) is 17.1 Å². The van der Waals surface area contributed by atoms with Gasteiger partial charge in [0, 0.05) is 31.5 Å². The standard InChI is InChI=1S/C14H23N3O3/c1-4-11(5-2)16(8-9-20-3)12-6-7-14(17(18)19)13(15)10-12/h6-7,10-11H,4-5,8-9,15H2,1-3H3. The van der Waals surface area contributed by atoms with E-state index in [4.69, 9.17) is 10.5 Å². The maximum atomic E-state index is 10.8. The van der Waals surface area contributed by atoms with Crippen LogP contribution in [0.1, 0.15) is 26.7 Å². The van der Waals surface area contributed by atoms with Crippen molar-refractivity contribution in [3.05, 3.63) is 28.3 Å². The SMILES string of the molecule is CCC(CC)N(CCOC)c1ccc([N+](=O)[O-])c(N)c1. The molecule has 0 aliphatic heterocycles. The highest BCUT2D eigenvalue weighted by Gasteiger charge is 2.18. The molecular formula is C14H23N3O3. The molecular weight excluding hydrogens is 258 g/mol. The van der Waals surface area contributed by atoms with Crippen LogP contribution in [0.3, 0.4) is 0 Å². The molecule has 0 spiro atoms. The molecule has 1 aromatic rings. The highest BCUT2D eigenvalue weighted by atomic mass is 16.6. The van der Waals surface area contributed by atoms with Crippen LogP contribution in [0.15, 0.2) is 18.2 Å². The van der Waals surface area contributed by atoms with Crippen molar-refractivity contribution in [3.8, 4) is 0 Å². The Morgan fingerprint density at radius 2 is 2.05 bits per heavy atom. The van der Waals surface area contributed by atoms with Gasteiger partial charge in [-0.1, -0.05) is 13.8 Å². The van der Waals surface area contributed by atoms with E-state index >= 15 is 0 Å². The molecule has 112 valence electrons. The summed E-state index contributed by atoms with van der Waals surface area (Å²) in [7, 11) is 1.66. The summed E-state index contributed by atoms with van der Waals surface area (Å²) in [6.07, 6.45) is 1.99. The fourth-order valence-electron chi connectivity index (χ4n) is 2.33. The van der Waals surface area contributed by atoms with Gasteiger partial charge in [0.05, 0.1) is 11.5 Å². The highest BCUT2D eigenvalue weighted by molar-refractivity contribution is 5.66. The fraction of sp³-hybridized carbons (Fsp3) is 0.571. The quantitative estimate of drug-likeness (QED) is 0.450. The predicted octanol–water partition coefficient (Wildman–Crippen LogP) is 2.82. The van der Waals surface area contributed by atoms with Gasteiger partial charge in [0.25, 0.3) is 5.69 Å². The lowest BCUT2D eigenvalue weighted by molar-refractivity contribution is -0.383. The molecule has 0 aromatic heterocycles. The average Bonchev–Trinajstić information content (AvgIpc) is 2.43. The summed E-state index contributed by atoms with van der Waals surface area (Å²) in [5.74, 6) is 0. The number of rotatable bonds is 8. The number of benzene rings is 1. The Kier molecular flexibility index (Phi) is 6.24. The Hall–Kier alpha value is -1.82. The van der Waals surface area contributed by atoms with Gasteiger partial charge in [0.15, 0.2) is 0 Å². The first-order valence-corrected chi connectivity index (χ1v) is 6.84. The first-order chi connectivity index (χ1) is 9.54. The number of hydrogen-bond donors (Lipinski definition) is 1. The molecule has 0 aliphatic carbocycles. The zero-order chi connectivity index (χ0) is 15.1. The van der Waals surface area contributed by atoms with E-state index in [0.717, 1.165) is 25.1 Å². The summed E-state index contributed by atoms with van der Waals surface area (Å²) in [4.78, 5) is 12.5. The van der Waals surface area contributed by atoms with Crippen molar-refractivity contribution in [1.82, 2.24) is 0 Å². The summed E-state index contributed by atoms with van der Waals surface area (Å²) in [5.41, 5.74) is 6.82. The molecule has 0 saturated heterocycles. The zero-order valence-electron chi connectivity index (χ0n) is 12.3. The Bertz CT molecular complexity index is 447. The van der Waals surface area contributed by atoms with Crippen LogP contribution < -0.4 is 10.6 Å². The molecule has 0 amide bonds. The van der Waals surface area contributed by atoms with E-state index in [0.29, 0.717) is 12.6 Å². The van der Waals surface area contributed by atoms with Gasteiger partial charge < -0.3 is 15.4 Å². The average molecular weight is 281 g/mol. The van der Waals surface area contributed by atoms with Crippen molar-refractivity contribution < 1.29 is 9.66 Å². The van der Waals surface area contributed by atoms with E-state index in [1.807, 2.05) is 0 Å². The van der Waals surface area contributed by atoms with Crippen molar-refractivity contribution in [2.24, 2.45) is 0 Å². The van der Waals surface area contributed by atoms with Crippen LogP contribution >= 0.6 is 0 Å². The molecule has 0 atom stereocenters. The molecule has 0 bridgehead atoms. The molecule has 2 N–H and O–H groups in total. The zero-order valence-corrected chi connectivity index (χ0v) is 12.3. The third kappa shape index (κ3) is 3.84. The van der Waals surface area contributed by atoms with Gasteiger partial charge in [0.2, 0.25) is 0 Å². The predicted molar refractivity (Wildman–Crippen MR) is 81.1 cm³/mol. The number of methoxy groups -OCH3 is 1. The normalized spacial score (nSPS) is 10.8. The number of ether oxygens (including phenoxy) is 1. The van der Waals surface area contributed by atoms with E-state index < -0.39 is 4.92 Å². The molecule has 6 nitrogen and oxygen atoms in total. The smallest absolute Gasteiger partial charge is 0.292 e. The maximum Gasteiger partial charge on any atom is 0.292 e. The van der Waals surface area contributed by atoms with Crippen molar-refractivity contribution in [3.63, 3.8) is 0 Å². The van der Waals surface area contributed by atoms with Crippen LogP contribution in [0.2, 0.25) is 0 Å². The number of nitro benzene ring substituents is 1. The van der Waals surface area contributed by atoms with Crippen molar-refractivity contribution in [2.75, 3.05) is 30.9 Å². The van der Waals surface area contributed by atoms with Crippen molar-refractivity contribution >= 4 is 17.1 Å². The van der Waals surface area contributed by atoms with Crippen LogP contribution in [0, 0.1) is 10.1 Å². The molecule has 0 heterocycles. The fourth-order valence-corrected chi connectivity index (χ4v) is 2.33. The minimum absolute atomic E-state index is 0.0509. The minimum atomic E-state index is -0.463. The topological polar surface area (TPSA) is 81.6 Å². The number of nitrogens with zero attached hydrogens (tertiary/aromatic N) is 2. The molecule has 0 unspecified atom stereocenters. The number of nitrogen functional groups attached to an aromatic ring is 1. The lowest BCUT2D eigenvalue weighted by Gasteiger charge is -2.32. The van der Waals surface area contributed by atoms with Crippen molar-refractivity contribution in [1.29, 1.82) is 0 Å². The molecule has 0 saturated carbocycles. The second-order valence-electron chi connectivity index (χ2n) is 4.66. The first kappa shape index (κ1) is 16.2. The van der Waals surface area contributed by atoms with E-state index in [1.165, 1.54) is 6.07 Å². The van der Waals surface area contributed by atoms with Gasteiger partial charge in [-0.25, -0.2) is 0 Å². The molecule has 0 fully saturated rings. The third-order valence-corrected chi connectivity index (χ3v) is 3.46. The number of nitro groups is 1. The monoisotopic (exact) mass is 281 g/mol. The Morgan fingerprint density at radius 3 is 2.50 bits per heavy atom. The van der Waals surface area contributed by atoms with E-state index in [9.17, 15) is 10.1 Å². The lowest BCUT2D eigenvalue weighted by Crippen LogP contribution is -2.37. The van der Waals surface area contributed by atoms with E-state index in [2.05, 4.69) is 18.7 Å². The summed E-state index contributed by atoms with van der Waals surface area (Å²) in [6, 6.07) is 5.26. The van der Waals surface area contributed by atoms with Gasteiger partial charge in [-0.15, -0.1) is 0 Å². The molecule has 6 heteroatoms. The van der Waals surface area contributed by atoms with Gasteiger partial charge in [-0.2, -0.15) is 0 Å². The summed E-state index contributed by atoms with van der Waals surface area (Å²) in [6.45, 7) is 5.60. The van der Waals surface area contributed by atoms with E-state index in [1.54, 1.807) is 19.2 Å². The summed E-state index contributed by atoms with van der Waals surface area (Å²) < 4.78 is 5.14. The Morgan fingerprint density at radius 1 is 1.40 bits per heavy atom. The highest BCUT2D eigenvalue weighted by Crippen LogP contribution is 2.29. The molecule has 0 aliphatic rings. The minimum Gasteiger partial charge on any atom is -0.393 e. The Labute approximate surface area is 119 Å². The van der Waals surface area contributed by atoms with Crippen LogP contribution in [0.5, 0.6) is 0 Å². The lowest BCUT2D eigenvalue weighted by atomic mass is 10.1. The third-order valence-electron chi connectivity index (χ3n) is 3.46. The van der Waals surface area contributed by atoms with Crippen molar-refractivity contribution in [2.45, 2.75) is 32.7 Å². The second kappa shape index (κ2) is 7.69. The maximum absolute atomic E-state index is 10.8. The molecule has 20 heavy (non-hydrogen) atoms. The van der Waals surface area contributed by atoms with Crippen LogP contribution in [-0.2, 0) is 4.74 Å². The molecule has 0 radical (unpaired) electrons. The number of hydrogen-bond acceptors (Lipinski definition) is 5. The van der Waals surface area contributed by atoms with Gasteiger partial charge in [-0.05, 0) is 25.0 Å². The molecule has 1 aromatic carbocycles. The number of anilines is 2. The molecule has 1 rings (SSSR count). The van der Waals surface area contributed by atoms with Crippen LogP contribution in [-0.4, -0.2) is 31.2 Å². The first-order valence-electron chi connectivity index (χ1n) is 6.84.